The summed E-state index contributed by atoms with van der Waals surface area (Å²) in [5.41, 5.74) is 1.15. The van der Waals surface area contributed by atoms with Crippen molar-refractivity contribution in [2.75, 3.05) is 12.4 Å². The first kappa shape index (κ1) is 15.0. The highest BCUT2D eigenvalue weighted by Gasteiger charge is 2.17. The smallest absolute Gasteiger partial charge is 0.273 e. The average Bonchev–Trinajstić information content (AvgIpc) is 2.92. The summed E-state index contributed by atoms with van der Waals surface area (Å²) in [6.07, 6.45) is 3.13. The van der Waals surface area contributed by atoms with Crippen LogP contribution in [-0.4, -0.2) is 38.4 Å². The van der Waals surface area contributed by atoms with Crippen molar-refractivity contribution in [2.24, 2.45) is 7.05 Å². The van der Waals surface area contributed by atoms with Crippen LogP contribution in [0.4, 0.5) is 5.69 Å². The van der Waals surface area contributed by atoms with Gasteiger partial charge in [0.25, 0.3) is 5.91 Å². The lowest BCUT2D eigenvalue weighted by Gasteiger charge is -2.04. The fourth-order valence-corrected chi connectivity index (χ4v) is 1.93. The van der Waals surface area contributed by atoms with Crippen molar-refractivity contribution < 1.29 is 9.59 Å². The van der Waals surface area contributed by atoms with E-state index in [2.05, 4.69) is 20.8 Å². The molecule has 0 bridgehead atoms. The van der Waals surface area contributed by atoms with Gasteiger partial charge in [0.1, 0.15) is 6.54 Å². The molecule has 0 unspecified atom stereocenters. The molecule has 0 aliphatic heterocycles. The number of anilines is 1. The predicted molar refractivity (Wildman–Crippen MR) is 77.2 cm³/mol. The van der Waals surface area contributed by atoms with E-state index < -0.39 is 0 Å². The fourth-order valence-electron chi connectivity index (χ4n) is 1.78. The van der Waals surface area contributed by atoms with Crippen LogP contribution in [0.25, 0.3) is 0 Å². The van der Waals surface area contributed by atoms with E-state index in [9.17, 15) is 9.59 Å². The van der Waals surface area contributed by atoms with Crippen LogP contribution in [0.2, 0.25) is 5.02 Å². The Morgan fingerprint density at radius 3 is 2.62 bits per heavy atom. The molecule has 2 heterocycles. The molecule has 2 rings (SSSR count). The largest absolute Gasteiger partial charge is 0.354 e. The van der Waals surface area contributed by atoms with E-state index in [-0.39, 0.29) is 24.1 Å². The Hall–Kier alpha value is -2.35. The van der Waals surface area contributed by atoms with Crippen LogP contribution in [0.5, 0.6) is 0 Å². The molecule has 2 aromatic heterocycles. The van der Waals surface area contributed by atoms with Crippen LogP contribution in [0.15, 0.2) is 12.4 Å². The summed E-state index contributed by atoms with van der Waals surface area (Å²) < 4.78 is 2.89. The van der Waals surface area contributed by atoms with Gasteiger partial charge >= 0.3 is 0 Å². The van der Waals surface area contributed by atoms with Gasteiger partial charge in [-0.1, -0.05) is 11.6 Å². The van der Waals surface area contributed by atoms with Crippen LogP contribution in [0.3, 0.4) is 0 Å². The highest BCUT2D eigenvalue weighted by Crippen LogP contribution is 2.14. The Kier molecular flexibility index (Phi) is 4.27. The lowest BCUT2D eigenvalue weighted by atomic mass is 10.3. The third-order valence-electron chi connectivity index (χ3n) is 2.74. The van der Waals surface area contributed by atoms with Gasteiger partial charge in [-0.25, -0.2) is 0 Å². The molecule has 0 fully saturated rings. The van der Waals surface area contributed by atoms with Gasteiger partial charge < -0.3 is 10.6 Å². The number of carbonyl (C=O) groups is 2. The summed E-state index contributed by atoms with van der Waals surface area (Å²) >= 11 is 5.88. The molecule has 2 N–H and O–H groups in total. The van der Waals surface area contributed by atoms with E-state index in [0.717, 1.165) is 0 Å². The number of aromatic nitrogens is 4. The van der Waals surface area contributed by atoms with Gasteiger partial charge in [0.05, 0.1) is 16.4 Å². The van der Waals surface area contributed by atoms with Crippen LogP contribution in [0.1, 0.15) is 16.2 Å². The second kappa shape index (κ2) is 5.96. The van der Waals surface area contributed by atoms with Crippen LogP contribution >= 0.6 is 11.6 Å². The normalized spacial score (nSPS) is 10.5. The zero-order valence-electron chi connectivity index (χ0n) is 11.8. The van der Waals surface area contributed by atoms with Crippen molar-refractivity contribution in [1.82, 2.24) is 24.9 Å². The zero-order valence-corrected chi connectivity index (χ0v) is 12.6. The van der Waals surface area contributed by atoms with Crippen molar-refractivity contribution in [1.29, 1.82) is 0 Å². The number of hydrogen-bond donors (Lipinski definition) is 2. The Labute approximate surface area is 126 Å². The molecule has 2 aromatic rings. The molecule has 8 nitrogen and oxygen atoms in total. The van der Waals surface area contributed by atoms with Gasteiger partial charge in [0.2, 0.25) is 5.91 Å². The zero-order chi connectivity index (χ0) is 15.6. The minimum Gasteiger partial charge on any atom is -0.354 e. The first-order valence-corrected chi connectivity index (χ1v) is 6.53. The minimum atomic E-state index is -0.371. The number of halogens is 1. The first-order valence-electron chi connectivity index (χ1n) is 6.16. The highest BCUT2D eigenvalue weighted by molar-refractivity contribution is 6.31. The maximum absolute atomic E-state index is 12.0. The summed E-state index contributed by atoms with van der Waals surface area (Å²) in [5, 5.41) is 13.7. The molecule has 0 radical (unpaired) electrons. The quantitative estimate of drug-likeness (QED) is 0.863. The van der Waals surface area contributed by atoms with Crippen molar-refractivity contribution >= 4 is 29.1 Å². The number of nitrogens with zero attached hydrogens (tertiary/aromatic N) is 4. The van der Waals surface area contributed by atoms with Gasteiger partial charge in [0.15, 0.2) is 5.69 Å². The SMILES string of the molecule is CNC(=O)c1nn(C)cc1NC(=O)Cn1cc(Cl)c(C)n1. The third kappa shape index (κ3) is 3.40. The lowest BCUT2D eigenvalue weighted by molar-refractivity contribution is -0.116. The minimum absolute atomic E-state index is 0.00433. The number of nitrogens with one attached hydrogen (secondary N) is 2. The van der Waals surface area contributed by atoms with Crippen LogP contribution in [0, 0.1) is 6.92 Å². The number of aryl methyl sites for hydroxylation is 2. The van der Waals surface area contributed by atoms with Gasteiger partial charge in [0, 0.05) is 26.5 Å². The second-order valence-corrected chi connectivity index (χ2v) is 4.86. The van der Waals surface area contributed by atoms with Crippen molar-refractivity contribution in [3.63, 3.8) is 0 Å². The van der Waals surface area contributed by atoms with E-state index >= 15 is 0 Å². The summed E-state index contributed by atoms with van der Waals surface area (Å²) in [6.45, 7) is 1.75. The van der Waals surface area contributed by atoms with E-state index in [0.29, 0.717) is 16.4 Å². The average molecular weight is 311 g/mol. The van der Waals surface area contributed by atoms with Gasteiger partial charge in [-0.3, -0.25) is 19.0 Å². The maximum Gasteiger partial charge on any atom is 0.273 e. The summed E-state index contributed by atoms with van der Waals surface area (Å²) in [7, 11) is 3.16. The molecule has 0 atom stereocenters. The topological polar surface area (TPSA) is 93.8 Å². The van der Waals surface area contributed by atoms with Gasteiger partial charge in [-0.15, -0.1) is 0 Å². The van der Waals surface area contributed by atoms with E-state index in [1.807, 2.05) is 0 Å². The molecule has 0 aromatic carbocycles. The Morgan fingerprint density at radius 2 is 2.05 bits per heavy atom. The molecular formula is C12H15ClN6O2. The van der Waals surface area contributed by atoms with Crippen LogP contribution < -0.4 is 10.6 Å². The molecular weight excluding hydrogens is 296 g/mol. The van der Waals surface area contributed by atoms with Crippen molar-refractivity contribution in [3.8, 4) is 0 Å². The molecule has 0 aliphatic carbocycles. The Bertz CT molecular complexity index is 670. The van der Waals surface area contributed by atoms with Crippen LogP contribution in [-0.2, 0) is 18.4 Å². The molecule has 0 spiro atoms. The van der Waals surface area contributed by atoms with E-state index in [1.165, 1.54) is 16.4 Å². The number of amides is 2. The number of hydrogen-bond acceptors (Lipinski definition) is 4. The van der Waals surface area contributed by atoms with Crippen molar-refractivity contribution in [3.05, 3.63) is 28.8 Å². The molecule has 0 saturated carbocycles. The van der Waals surface area contributed by atoms with E-state index in [1.54, 1.807) is 26.4 Å². The highest BCUT2D eigenvalue weighted by atomic mass is 35.5. The molecule has 21 heavy (non-hydrogen) atoms. The fraction of sp³-hybridized carbons (Fsp3) is 0.333. The maximum atomic E-state index is 12.0. The molecule has 112 valence electrons. The third-order valence-corrected chi connectivity index (χ3v) is 3.11. The Balaban J connectivity index is 2.11. The number of rotatable bonds is 4. The number of carbonyl (C=O) groups excluding carboxylic acids is 2. The summed E-state index contributed by atoms with van der Waals surface area (Å²) in [4.78, 5) is 23.7. The molecule has 0 aliphatic rings. The monoisotopic (exact) mass is 310 g/mol. The van der Waals surface area contributed by atoms with E-state index in [4.69, 9.17) is 11.6 Å². The molecule has 0 saturated heterocycles. The molecule has 2 amide bonds. The Morgan fingerprint density at radius 1 is 1.33 bits per heavy atom. The summed E-state index contributed by atoms with van der Waals surface area (Å²) in [5.74, 6) is -0.698. The van der Waals surface area contributed by atoms with Crippen molar-refractivity contribution in [2.45, 2.75) is 13.5 Å². The standard InChI is InChI=1S/C12H15ClN6O2/c1-7-8(13)4-19(16-7)6-10(20)15-9-5-18(3)17-11(9)12(21)14-2/h4-5H,6H2,1-3H3,(H,14,21)(H,15,20). The van der Waals surface area contributed by atoms with Gasteiger partial charge in [-0.05, 0) is 6.92 Å². The van der Waals surface area contributed by atoms with Gasteiger partial charge in [-0.2, -0.15) is 10.2 Å². The predicted octanol–water partition coefficient (Wildman–Crippen LogP) is 0.577. The lowest BCUT2D eigenvalue weighted by Crippen LogP contribution is -2.23. The second-order valence-electron chi connectivity index (χ2n) is 4.45. The first-order chi connectivity index (χ1) is 9.90. The molecule has 9 heteroatoms. The summed E-state index contributed by atoms with van der Waals surface area (Å²) in [6, 6.07) is 0.